The molecule has 1 aromatic heterocycles. The lowest BCUT2D eigenvalue weighted by Crippen LogP contribution is -2.39. The van der Waals surface area contributed by atoms with Crippen molar-refractivity contribution in [3.05, 3.63) is 57.6 Å². The van der Waals surface area contributed by atoms with Crippen molar-refractivity contribution in [1.82, 2.24) is 9.88 Å². The predicted octanol–water partition coefficient (Wildman–Crippen LogP) is 4.90. The molecule has 1 heterocycles. The fourth-order valence-electron chi connectivity index (χ4n) is 3.56. The summed E-state index contributed by atoms with van der Waals surface area (Å²) in [7, 11) is 0. The third kappa shape index (κ3) is 4.89. The number of nitrogens with zero attached hydrogens (tertiary/aromatic N) is 4. The number of nitro groups is 1. The number of aromatic nitrogens is 1. The first-order valence-corrected chi connectivity index (χ1v) is 11.5. The molecule has 0 saturated carbocycles. The largest absolute Gasteiger partial charge is 0.492 e. The summed E-state index contributed by atoms with van der Waals surface area (Å²) < 4.78 is 6.63. The molecular weight excluding hydrogens is 428 g/mol. The third-order valence-corrected chi connectivity index (χ3v) is 6.46. The van der Waals surface area contributed by atoms with Gasteiger partial charge in [0.05, 0.1) is 16.2 Å². The summed E-state index contributed by atoms with van der Waals surface area (Å²) in [5, 5.41) is 11.9. The number of anilines is 1. The van der Waals surface area contributed by atoms with Crippen LogP contribution in [0.4, 0.5) is 10.8 Å². The van der Waals surface area contributed by atoms with Gasteiger partial charge in [-0.3, -0.25) is 19.8 Å². The van der Waals surface area contributed by atoms with Crippen molar-refractivity contribution in [2.45, 2.75) is 27.7 Å². The van der Waals surface area contributed by atoms with Crippen LogP contribution in [0.2, 0.25) is 0 Å². The molecular formula is C23H28N4O4S. The topological polar surface area (TPSA) is 88.8 Å². The number of hydrogen-bond donors (Lipinski definition) is 0. The molecule has 0 atom stereocenters. The van der Waals surface area contributed by atoms with Crippen LogP contribution in [0.3, 0.4) is 0 Å². The summed E-state index contributed by atoms with van der Waals surface area (Å²) in [6.07, 6.45) is 0. The van der Waals surface area contributed by atoms with E-state index in [0.717, 1.165) is 17.8 Å². The number of fused-ring (bicyclic) bond motifs is 1. The highest BCUT2D eigenvalue weighted by Gasteiger charge is 2.26. The summed E-state index contributed by atoms with van der Waals surface area (Å²) in [6.45, 7) is 11.0. The van der Waals surface area contributed by atoms with Crippen molar-refractivity contribution in [1.29, 1.82) is 0 Å². The SMILES string of the molecule is CCOc1cccc2sc(N(CCN(CC)CC)C(=O)c3cccc([N+](=O)[O-])c3C)nc12. The standard InChI is InChI=1S/C23H28N4O4S/c1-5-25(6-2)14-15-26(22(28)17-10-8-11-18(16(17)4)27(29)30)23-24-21-19(31-7-3)12-9-13-20(21)32-23/h8-13H,5-7,14-15H2,1-4H3. The Hall–Kier alpha value is -3.04. The van der Waals surface area contributed by atoms with Crippen molar-refractivity contribution in [2.24, 2.45) is 0 Å². The maximum atomic E-state index is 13.6. The second-order valence-electron chi connectivity index (χ2n) is 7.22. The Morgan fingerprint density at radius 1 is 1.12 bits per heavy atom. The van der Waals surface area contributed by atoms with E-state index >= 15 is 0 Å². The van der Waals surface area contributed by atoms with Crippen molar-refractivity contribution >= 4 is 38.3 Å². The Balaban J connectivity index is 2.06. The summed E-state index contributed by atoms with van der Waals surface area (Å²) >= 11 is 1.41. The van der Waals surface area contributed by atoms with E-state index in [1.807, 2.05) is 25.1 Å². The van der Waals surface area contributed by atoms with E-state index in [1.54, 1.807) is 24.0 Å². The highest BCUT2D eigenvalue weighted by atomic mass is 32.1. The van der Waals surface area contributed by atoms with Crippen molar-refractivity contribution < 1.29 is 14.5 Å². The molecule has 32 heavy (non-hydrogen) atoms. The van der Waals surface area contributed by atoms with Gasteiger partial charge in [0.1, 0.15) is 11.3 Å². The van der Waals surface area contributed by atoms with E-state index in [9.17, 15) is 14.9 Å². The lowest BCUT2D eigenvalue weighted by Gasteiger charge is -2.25. The fourth-order valence-corrected chi connectivity index (χ4v) is 4.57. The minimum atomic E-state index is -0.460. The maximum absolute atomic E-state index is 13.6. The molecule has 0 saturated heterocycles. The number of hydrogen-bond acceptors (Lipinski definition) is 7. The van der Waals surface area contributed by atoms with E-state index in [-0.39, 0.29) is 11.6 Å². The summed E-state index contributed by atoms with van der Waals surface area (Å²) in [4.78, 5) is 33.2. The molecule has 0 radical (unpaired) electrons. The van der Waals surface area contributed by atoms with Gasteiger partial charge in [0.15, 0.2) is 5.13 Å². The second kappa shape index (κ2) is 10.5. The lowest BCUT2D eigenvalue weighted by molar-refractivity contribution is -0.385. The molecule has 170 valence electrons. The quantitative estimate of drug-likeness (QED) is 0.318. The van der Waals surface area contributed by atoms with E-state index in [1.165, 1.54) is 17.4 Å². The van der Waals surface area contributed by atoms with Gasteiger partial charge in [-0.15, -0.1) is 0 Å². The van der Waals surface area contributed by atoms with Crippen molar-refractivity contribution in [3.8, 4) is 5.75 Å². The van der Waals surface area contributed by atoms with Crippen molar-refractivity contribution in [2.75, 3.05) is 37.7 Å². The predicted molar refractivity (Wildman–Crippen MR) is 128 cm³/mol. The summed E-state index contributed by atoms with van der Waals surface area (Å²) in [5.41, 5.74) is 1.31. The Morgan fingerprint density at radius 3 is 2.50 bits per heavy atom. The first-order valence-electron chi connectivity index (χ1n) is 10.7. The smallest absolute Gasteiger partial charge is 0.273 e. The molecule has 0 aliphatic carbocycles. The van der Waals surface area contributed by atoms with E-state index < -0.39 is 4.92 Å². The zero-order valence-corrected chi connectivity index (χ0v) is 19.6. The average molecular weight is 457 g/mol. The molecule has 0 N–H and O–H groups in total. The Labute approximate surface area is 191 Å². The molecule has 0 spiro atoms. The number of ether oxygens (including phenoxy) is 1. The normalized spacial score (nSPS) is 11.2. The number of benzene rings is 2. The van der Waals surface area contributed by atoms with Crippen molar-refractivity contribution in [3.63, 3.8) is 0 Å². The lowest BCUT2D eigenvalue weighted by atomic mass is 10.1. The van der Waals surface area contributed by atoms with Gasteiger partial charge >= 0.3 is 0 Å². The highest BCUT2D eigenvalue weighted by Crippen LogP contribution is 2.35. The molecule has 0 fully saturated rings. The Kier molecular flexibility index (Phi) is 7.76. The highest BCUT2D eigenvalue weighted by molar-refractivity contribution is 7.22. The molecule has 0 unspecified atom stereocenters. The van der Waals surface area contributed by atoms with E-state index in [2.05, 4.69) is 18.7 Å². The van der Waals surface area contributed by atoms with Crippen LogP contribution < -0.4 is 9.64 Å². The fraction of sp³-hybridized carbons (Fsp3) is 0.391. The van der Waals surface area contributed by atoms with Crippen LogP contribution >= 0.6 is 11.3 Å². The summed E-state index contributed by atoms with van der Waals surface area (Å²) in [6, 6.07) is 10.3. The number of rotatable bonds is 10. The number of amides is 1. The van der Waals surface area contributed by atoms with Gasteiger partial charge in [0.25, 0.3) is 11.6 Å². The van der Waals surface area contributed by atoms with Crippen LogP contribution in [-0.2, 0) is 0 Å². The Bertz CT molecular complexity index is 1110. The molecule has 3 rings (SSSR count). The monoisotopic (exact) mass is 456 g/mol. The number of likely N-dealkylation sites (N-methyl/N-ethyl adjacent to an activating group) is 1. The van der Waals surface area contributed by atoms with Gasteiger partial charge in [-0.1, -0.05) is 37.3 Å². The van der Waals surface area contributed by atoms with Gasteiger partial charge in [0.2, 0.25) is 0 Å². The van der Waals surface area contributed by atoms with Gasteiger partial charge in [-0.25, -0.2) is 4.98 Å². The minimum absolute atomic E-state index is 0.0672. The van der Waals surface area contributed by atoms with Crippen LogP contribution in [0.25, 0.3) is 10.2 Å². The molecule has 3 aromatic rings. The van der Waals surface area contributed by atoms with Crippen LogP contribution in [0.1, 0.15) is 36.7 Å². The second-order valence-corrected chi connectivity index (χ2v) is 8.23. The van der Waals surface area contributed by atoms with Crippen LogP contribution in [0.15, 0.2) is 36.4 Å². The number of thiazole rings is 1. The number of nitro benzene ring substituents is 1. The van der Waals surface area contributed by atoms with Crippen LogP contribution in [-0.4, -0.2) is 53.5 Å². The molecule has 0 bridgehead atoms. The number of para-hydroxylation sites is 1. The number of carbonyl (C=O) groups is 1. The Morgan fingerprint density at radius 2 is 1.84 bits per heavy atom. The zero-order chi connectivity index (χ0) is 23.3. The van der Waals surface area contributed by atoms with Crippen LogP contribution in [0, 0.1) is 17.0 Å². The van der Waals surface area contributed by atoms with Gasteiger partial charge in [-0.05, 0) is 45.1 Å². The molecule has 8 nitrogen and oxygen atoms in total. The molecule has 1 amide bonds. The first kappa shape index (κ1) is 23.6. The maximum Gasteiger partial charge on any atom is 0.273 e. The van der Waals surface area contributed by atoms with Crippen LogP contribution in [0.5, 0.6) is 5.75 Å². The number of carbonyl (C=O) groups excluding carboxylic acids is 1. The third-order valence-electron chi connectivity index (χ3n) is 5.41. The molecule has 9 heteroatoms. The molecule has 2 aromatic carbocycles. The van der Waals surface area contributed by atoms with Gasteiger partial charge < -0.3 is 9.64 Å². The zero-order valence-electron chi connectivity index (χ0n) is 18.8. The summed E-state index contributed by atoms with van der Waals surface area (Å²) in [5.74, 6) is 0.380. The van der Waals surface area contributed by atoms with E-state index in [4.69, 9.17) is 9.72 Å². The van der Waals surface area contributed by atoms with Gasteiger partial charge in [0, 0.05) is 30.3 Å². The van der Waals surface area contributed by atoms with E-state index in [0.29, 0.717) is 47.2 Å². The minimum Gasteiger partial charge on any atom is -0.492 e. The van der Waals surface area contributed by atoms with Gasteiger partial charge in [-0.2, -0.15) is 0 Å². The molecule has 0 aliphatic rings. The molecule has 0 aliphatic heterocycles. The average Bonchev–Trinajstić information content (AvgIpc) is 3.21. The first-order chi connectivity index (χ1) is 15.4.